The number of pyridine rings is 1. The third-order valence-corrected chi connectivity index (χ3v) is 6.95. The molecule has 3 aromatic rings. The van der Waals surface area contributed by atoms with Crippen LogP contribution in [0.15, 0.2) is 35.3 Å². The third-order valence-electron chi connectivity index (χ3n) is 6.58. The number of amides is 2. The first-order valence-electron chi connectivity index (χ1n) is 11.1. The van der Waals surface area contributed by atoms with Gasteiger partial charge >= 0.3 is 6.18 Å². The monoisotopic (exact) mass is 494 g/mol. The lowest BCUT2D eigenvalue weighted by molar-refractivity contribution is -0.138. The molecule has 1 aliphatic heterocycles. The second-order valence-electron chi connectivity index (χ2n) is 8.70. The molecule has 2 amide bonds. The highest BCUT2D eigenvalue weighted by Gasteiger charge is 2.38. The fourth-order valence-electron chi connectivity index (χ4n) is 4.84. The Morgan fingerprint density at radius 3 is 2.56 bits per heavy atom. The Labute approximate surface area is 198 Å². The highest BCUT2D eigenvalue weighted by molar-refractivity contribution is 6.33. The number of furan rings is 1. The van der Waals surface area contributed by atoms with Crippen LogP contribution in [-0.4, -0.2) is 56.7 Å². The standard InChI is InChI=1S/C23H22ClF3N4O3/c24-20-19(22(33)29-7-8-30(18(32)12-29)16-4-2-1-3-5-16)28-21-17(23(25,26)27)10-15(11-31(20)21)14-6-9-34-13-14/h6,9-11,13,16H,1-5,7-8,12H2. The largest absolute Gasteiger partial charge is 0.472 e. The molecule has 0 bridgehead atoms. The molecule has 1 saturated carbocycles. The third kappa shape index (κ3) is 4.04. The number of fused-ring (bicyclic) bond motifs is 1. The lowest BCUT2D eigenvalue weighted by Crippen LogP contribution is -2.55. The first kappa shape index (κ1) is 22.8. The van der Waals surface area contributed by atoms with Crippen LogP contribution in [0.5, 0.6) is 0 Å². The van der Waals surface area contributed by atoms with Crippen LogP contribution in [-0.2, 0) is 11.0 Å². The lowest BCUT2D eigenvalue weighted by atomic mass is 9.93. The summed E-state index contributed by atoms with van der Waals surface area (Å²) in [6.45, 7) is 0.516. The molecule has 4 heterocycles. The predicted molar refractivity (Wildman–Crippen MR) is 117 cm³/mol. The quantitative estimate of drug-likeness (QED) is 0.520. The second-order valence-corrected chi connectivity index (χ2v) is 9.06. The van der Waals surface area contributed by atoms with Gasteiger partial charge in [0.25, 0.3) is 5.91 Å². The van der Waals surface area contributed by atoms with Crippen molar-refractivity contribution in [2.24, 2.45) is 0 Å². The van der Waals surface area contributed by atoms with Crippen molar-refractivity contribution in [3.63, 3.8) is 0 Å². The van der Waals surface area contributed by atoms with E-state index in [0.717, 1.165) is 42.6 Å². The number of halogens is 4. The van der Waals surface area contributed by atoms with E-state index in [1.807, 2.05) is 4.90 Å². The molecule has 2 aliphatic rings. The topological polar surface area (TPSA) is 71.1 Å². The van der Waals surface area contributed by atoms with Gasteiger partial charge in [-0.05, 0) is 25.0 Å². The van der Waals surface area contributed by atoms with E-state index in [2.05, 4.69) is 4.98 Å². The van der Waals surface area contributed by atoms with Crippen LogP contribution >= 0.6 is 11.6 Å². The van der Waals surface area contributed by atoms with Gasteiger partial charge in [-0.25, -0.2) is 4.98 Å². The number of carbonyl (C=O) groups is 2. The van der Waals surface area contributed by atoms with Crippen LogP contribution in [0.3, 0.4) is 0 Å². The highest BCUT2D eigenvalue weighted by atomic mass is 35.5. The molecular formula is C23H22ClF3N4O3. The molecule has 7 nitrogen and oxygen atoms in total. The Hall–Kier alpha value is -3.01. The molecule has 0 atom stereocenters. The van der Waals surface area contributed by atoms with Crippen LogP contribution < -0.4 is 0 Å². The van der Waals surface area contributed by atoms with Crippen molar-refractivity contribution in [1.29, 1.82) is 0 Å². The Bertz CT molecular complexity index is 1230. The fraction of sp³-hybridized carbons (Fsp3) is 0.435. The van der Waals surface area contributed by atoms with Gasteiger partial charge in [0.05, 0.1) is 18.1 Å². The average Bonchev–Trinajstić information content (AvgIpc) is 3.46. The smallest absolute Gasteiger partial charge is 0.420 e. The Balaban J connectivity index is 1.46. The van der Waals surface area contributed by atoms with Crippen molar-refractivity contribution in [3.05, 3.63) is 47.3 Å². The summed E-state index contributed by atoms with van der Waals surface area (Å²) in [5.41, 5.74) is -1.17. The van der Waals surface area contributed by atoms with Gasteiger partial charge in [-0.3, -0.25) is 14.0 Å². The van der Waals surface area contributed by atoms with Crippen molar-refractivity contribution in [2.45, 2.75) is 44.3 Å². The first-order chi connectivity index (χ1) is 16.2. The van der Waals surface area contributed by atoms with Gasteiger partial charge in [0.2, 0.25) is 5.91 Å². The van der Waals surface area contributed by atoms with Gasteiger partial charge in [-0.1, -0.05) is 30.9 Å². The molecule has 1 saturated heterocycles. The zero-order valence-corrected chi connectivity index (χ0v) is 18.9. The van der Waals surface area contributed by atoms with Gasteiger partial charge in [0.15, 0.2) is 11.3 Å². The molecular weight excluding hydrogens is 473 g/mol. The van der Waals surface area contributed by atoms with Crippen molar-refractivity contribution >= 4 is 29.1 Å². The molecule has 1 aliphatic carbocycles. The number of imidazole rings is 1. The van der Waals surface area contributed by atoms with Crippen LogP contribution in [0.1, 0.15) is 48.2 Å². The van der Waals surface area contributed by atoms with Crippen LogP contribution in [0.25, 0.3) is 16.8 Å². The summed E-state index contributed by atoms with van der Waals surface area (Å²) in [6, 6.07) is 2.66. The molecule has 0 spiro atoms. The van der Waals surface area contributed by atoms with Crippen LogP contribution in [0, 0.1) is 0 Å². The first-order valence-corrected chi connectivity index (χ1v) is 11.5. The molecule has 0 unspecified atom stereocenters. The Kier molecular flexibility index (Phi) is 5.79. The number of rotatable bonds is 3. The average molecular weight is 495 g/mol. The molecule has 2 fully saturated rings. The number of hydrogen-bond acceptors (Lipinski definition) is 4. The van der Waals surface area contributed by atoms with Gasteiger partial charge in [0, 0.05) is 36.5 Å². The summed E-state index contributed by atoms with van der Waals surface area (Å²) in [6.07, 6.45) is 4.56. The predicted octanol–water partition coefficient (Wildman–Crippen LogP) is 4.88. The zero-order valence-electron chi connectivity index (χ0n) is 18.1. The van der Waals surface area contributed by atoms with E-state index in [4.69, 9.17) is 16.0 Å². The normalized spacial score (nSPS) is 18.2. The van der Waals surface area contributed by atoms with Crippen LogP contribution in [0.4, 0.5) is 13.2 Å². The van der Waals surface area contributed by atoms with Crippen molar-refractivity contribution < 1.29 is 27.2 Å². The highest BCUT2D eigenvalue weighted by Crippen LogP contribution is 2.37. The van der Waals surface area contributed by atoms with Gasteiger partial charge in [0.1, 0.15) is 11.7 Å². The molecule has 34 heavy (non-hydrogen) atoms. The summed E-state index contributed by atoms with van der Waals surface area (Å²) >= 11 is 6.38. The van der Waals surface area contributed by atoms with Crippen LogP contribution in [0.2, 0.25) is 5.15 Å². The summed E-state index contributed by atoms with van der Waals surface area (Å²) < 4.78 is 47.6. The van der Waals surface area contributed by atoms with E-state index in [-0.39, 0.29) is 41.4 Å². The lowest BCUT2D eigenvalue weighted by Gasteiger charge is -2.40. The molecule has 0 radical (unpaired) electrons. The molecule has 180 valence electrons. The number of carbonyl (C=O) groups excluding carboxylic acids is 2. The van der Waals surface area contributed by atoms with E-state index < -0.39 is 23.3 Å². The maximum Gasteiger partial charge on any atom is 0.420 e. The molecule has 3 aromatic heterocycles. The number of alkyl halides is 3. The number of hydrogen-bond donors (Lipinski definition) is 0. The zero-order chi connectivity index (χ0) is 24.0. The summed E-state index contributed by atoms with van der Waals surface area (Å²) in [7, 11) is 0. The Morgan fingerprint density at radius 1 is 1.15 bits per heavy atom. The number of nitrogens with zero attached hydrogens (tertiary/aromatic N) is 4. The Morgan fingerprint density at radius 2 is 1.91 bits per heavy atom. The minimum absolute atomic E-state index is 0.147. The molecule has 0 N–H and O–H groups in total. The van der Waals surface area contributed by atoms with E-state index in [1.54, 1.807) is 0 Å². The maximum atomic E-state index is 13.8. The van der Waals surface area contributed by atoms with Gasteiger partial charge in [-0.15, -0.1) is 0 Å². The fourth-order valence-corrected chi connectivity index (χ4v) is 5.09. The maximum absolute atomic E-state index is 13.8. The molecule has 5 rings (SSSR count). The van der Waals surface area contributed by atoms with E-state index in [9.17, 15) is 22.8 Å². The minimum atomic E-state index is -4.72. The SMILES string of the molecule is O=C(c1nc2c(C(F)(F)F)cc(-c3ccoc3)cn2c1Cl)N1CCN(C2CCCCC2)C(=O)C1. The summed E-state index contributed by atoms with van der Waals surface area (Å²) in [5, 5.41) is -0.238. The number of aromatic nitrogens is 2. The van der Waals surface area contributed by atoms with Gasteiger partial charge in [-0.2, -0.15) is 13.2 Å². The van der Waals surface area contributed by atoms with Crippen molar-refractivity contribution in [2.75, 3.05) is 19.6 Å². The number of piperazine rings is 1. The summed E-state index contributed by atoms with van der Waals surface area (Å²) in [5.74, 6) is -0.826. The van der Waals surface area contributed by atoms with Crippen molar-refractivity contribution in [3.8, 4) is 11.1 Å². The molecule has 0 aromatic carbocycles. The van der Waals surface area contributed by atoms with E-state index >= 15 is 0 Å². The van der Waals surface area contributed by atoms with Crippen molar-refractivity contribution in [1.82, 2.24) is 19.2 Å². The van der Waals surface area contributed by atoms with E-state index in [1.165, 1.54) is 29.7 Å². The molecule has 11 heteroatoms. The van der Waals surface area contributed by atoms with E-state index in [0.29, 0.717) is 12.1 Å². The summed E-state index contributed by atoms with van der Waals surface area (Å²) in [4.78, 5) is 33.1. The minimum Gasteiger partial charge on any atom is -0.472 e. The second kappa shape index (κ2) is 8.65. The van der Waals surface area contributed by atoms with Gasteiger partial charge < -0.3 is 14.2 Å².